The lowest BCUT2D eigenvalue weighted by molar-refractivity contribution is -0.120. The zero-order valence-electron chi connectivity index (χ0n) is 18.0. The monoisotopic (exact) mass is 432 g/mol. The molecule has 32 heavy (non-hydrogen) atoms. The Bertz CT molecular complexity index is 1040. The number of likely N-dealkylation sites (tertiary alicyclic amines) is 1. The van der Waals surface area contributed by atoms with Crippen LogP contribution in [-0.4, -0.2) is 55.5 Å². The maximum atomic E-state index is 13.6. The van der Waals surface area contributed by atoms with Crippen molar-refractivity contribution in [2.24, 2.45) is 11.3 Å². The number of benzene rings is 2. The fraction of sp³-hybridized carbons (Fsp3) is 0.400. The Morgan fingerprint density at radius 3 is 2.66 bits per heavy atom. The lowest BCUT2D eigenvalue weighted by Crippen LogP contribution is -2.50. The van der Waals surface area contributed by atoms with Crippen LogP contribution in [0.2, 0.25) is 0 Å². The molecule has 0 aliphatic carbocycles. The van der Waals surface area contributed by atoms with Crippen LogP contribution in [0.25, 0.3) is 0 Å². The molecule has 2 aromatic carbocycles. The van der Waals surface area contributed by atoms with Crippen molar-refractivity contribution in [1.29, 1.82) is 0 Å². The van der Waals surface area contributed by atoms with Gasteiger partial charge in [0.15, 0.2) is 0 Å². The molecule has 0 saturated carbocycles. The van der Waals surface area contributed by atoms with E-state index in [9.17, 15) is 14.4 Å². The van der Waals surface area contributed by atoms with E-state index in [0.29, 0.717) is 17.2 Å². The average molecular weight is 433 g/mol. The number of carbonyl (C=O) groups excluding carboxylic acids is 3. The van der Waals surface area contributed by atoms with Gasteiger partial charge in [-0.15, -0.1) is 0 Å². The van der Waals surface area contributed by atoms with Crippen molar-refractivity contribution in [2.75, 3.05) is 37.6 Å². The molecule has 2 atom stereocenters. The second-order valence-electron chi connectivity index (χ2n) is 9.13. The summed E-state index contributed by atoms with van der Waals surface area (Å²) in [6.45, 7) is 3.57. The van der Waals surface area contributed by atoms with E-state index in [4.69, 9.17) is 0 Å². The molecule has 0 aromatic heterocycles. The van der Waals surface area contributed by atoms with Gasteiger partial charge in [0.1, 0.15) is 0 Å². The van der Waals surface area contributed by atoms with E-state index in [1.54, 1.807) is 12.1 Å². The molecule has 5 rings (SSSR count). The molecule has 3 aliphatic rings. The third-order valence-electron chi connectivity index (χ3n) is 7.20. The van der Waals surface area contributed by atoms with Gasteiger partial charge in [-0.3, -0.25) is 19.8 Å². The standard InChI is InChI=1S/C25H28N4O3/c30-22-11-13-29(24(32)27-22)21-9-5-4-8-20(21)23(31)28-15-19-14-26-16-25(19,17-28)12-10-18-6-2-1-3-7-18/h1-9,19,26H,10-17H2,(H,27,30,32). The number of para-hydroxylation sites is 1. The lowest BCUT2D eigenvalue weighted by Gasteiger charge is -2.30. The van der Waals surface area contributed by atoms with Crippen LogP contribution in [0.4, 0.5) is 10.5 Å². The number of aryl methyl sites for hydroxylation is 1. The zero-order chi connectivity index (χ0) is 22.1. The number of nitrogens with one attached hydrogen (secondary N) is 2. The highest BCUT2D eigenvalue weighted by Gasteiger charge is 2.50. The number of amides is 4. The van der Waals surface area contributed by atoms with Crippen molar-refractivity contribution in [1.82, 2.24) is 15.5 Å². The first kappa shape index (κ1) is 20.7. The number of fused-ring (bicyclic) bond motifs is 1. The van der Waals surface area contributed by atoms with Crippen LogP contribution in [-0.2, 0) is 11.2 Å². The molecule has 3 saturated heterocycles. The number of carbonyl (C=O) groups is 3. The Morgan fingerprint density at radius 2 is 1.84 bits per heavy atom. The molecule has 3 fully saturated rings. The zero-order valence-corrected chi connectivity index (χ0v) is 18.0. The first-order valence-electron chi connectivity index (χ1n) is 11.3. The van der Waals surface area contributed by atoms with Gasteiger partial charge in [-0.25, -0.2) is 4.79 Å². The van der Waals surface area contributed by atoms with Crippen molar-refractivity contribution in [3.8, 4) is 0 Å². The van der Waals surface area contributed by atoms with Crippen LogP contribution >= 0.6 is 0 Å². The molecule has 3 heterocycles. The summed E-state index contributed by atoms with van der Waals surface area (Å²) in [6.07, 6.45) is 2.27. The van der Waals surface area contributed by atoms with Crippen molar-refractivity contribution in [2.45, 2.75) is 19.3 Å². The van der Waals surface area contributed by atoms with E-state index >= 15 is 0 Å². The van der Waals surface area contributed by atoms with Crippen LogP contribution in [0.5, 0.6) is 0 Å². The number of hydrogen-bond donors (Lipinski definition) is 2. The minimum Gasteiger partial charge on any atom is -0.338 e. The highest BCUT2D eigenvalue weighted by molar-refractivity contribution is 6.09. The van der Waals surface area contributed by atoms with Gasteiger partial charge in [-0.1, -0.05) is 42.5 Å². The summed E-state index contributed by atoms with van der Waals surface area (Å²) in [7, 11) is 0. The number of hydrogen-bond acceptors (Lipinski definition) is 4. The number of imide groups is 1. The minimum absolute atomic E-state index is 0.0428. The molecule has 0 spiro atoms. The predicted octanol–water partition coefficient (Wildman–Crippen LogP) is 2.43. The summed E-state index contributed by atoms with van der Waals surface area (Å²) in [5.74, 6) is 0.104. The quantitative estimate of drug-likeness (QED) is 0.760. The van der Waals surface area contributed by atoms with E-state index in [1.165, 1.54) is 10.5 Å². The van der Waals surface area contributed by atoms with Crippen molar-refractivity contribution < 1.29 is 14.4 Å². The molecule has 2 aromatic rings. The SMILES string of the molecule is O=C1CCN(c2ccccc2C(=O)N2CC3CNCC3(CCc3ccccc3)C2)C(=O)N1. The van der Waals surface area contributed by atoms with Crippen LogP contribution in [0.3, 0.4) is 0 Å². The Morgan fingerprint density at radius 1 is 1.06 bits per heavy atom. The van der Waals surface area contributed by atoms with E-state index in [0.717, 1.165) is 39.0 Å². The van der Waals surface area contributed by atoms with Crippen molar-refractivity contribution in [3.05, 3.63) is 65.7 Å². The molecule has 3 aliphatic heterocycles. The van der Waals surface area contributed by atoms with Crippen LogP contribution < -0.4 is 15.5 Å². The first-order chi connectivity index (χ1) is 15.6. The molecular formula is C25H28N4O3. The molecule has 166 valence electrons. The summed E-state index contributed by atoms with van der Waals surface area (Å²) >= 11 is 0. The third kappa shape index (κ3) is 3.77. The second kappa shape index (κ2) is 8.39. The van der Waals surface area contributed by atoms with Crippen molar-refractivity contribution >= 4 is 23.5 Å². The molecule has 0 radical (unpaired) electrons. The van der Waals surface area contributed by atoms with Gasteiger partial charge in [-0.2, -0.15) is 0 Å². The smallest absolute Gasteiger partial charge is 0.328 e. The van der Waals surface area contributed by atoms with Gasteiger partial charge in [0.05, 0.1) is 11.3 Å². The van der Waals surface area contributed by atoms with Gasteiger partial charge < -0.3 is 10.2 Å². The normalized spacial score (nSPS) is 25.1. The van der Waals surface area contributed by atoms with E-state index in [1.807, 2.05) is 23.1 Å². The Labute approximate surface area is 187 Å². The molecule has 4 amide bonds. The van der Waals surface area contributed by atoms with E-state index in [-0.39, 0.29) is 30.2 Å². The van der Waals surface area contributed by atoms with Gasteiger partial charge in [-0.05, 0) is 36.5 Å². The molecule has 7 heteroatoms. The van der Waals surface area contributed by atoms with Crippen LogP contribution in [0.1, 0.15) is 28.8 Å². The highest BCUT2D eigenvalue weighted by atomic mass is 16.2. The molecular weight excluding hydrogens is 404 g/mol. The molecule has 2 N–H and O–H groups in total. The summed E-state index contributed by atoms with van der Waals surface area (Å²) < 4.78 is 0. The van der Waals surface area contributed by atoms with E-state index < -0.39 is 6.03 Å². The molecule has 7 nitrogen and oxygen atoms in total. The summed E-state index contributed by atoms with van der Waals surface area (Å²) in [4.78, 5) is 41.0. The van der Waals surface area contributed by atoms with E-state index in [2.05, 4.69) is 34.9 Å². The van der Waals surface area contributed by atoms with Gasteiger partial charge >= 0.3 is 6.03 Å². The molecule has 2 unspecified atom stereocenters. The first-order valence-corrected chi connectivity index (χ1v) is 11.3. The summed E-state index contributed by atoms with van der Waals surface area (Å²) in [6, 6.07) is 17.2. The highest BCUT2D eigenvalue weighted by Crippen LogP contribution is 2.43. The maximum Gasteiger partial charge on any atom is 0.328 e. The van der Waals surface area contributed by atoms with Gasteiger partial charge in [0, 0.05) is 44.6 Å². The lowest BCUT2D eigenvalue weighted by atomic mass is 9.76. The summed E-state index contributed by atoms with van der Waals surface area (Å²) in [5, 5.41) is 5.89. The van der Waals surface area contributed by atoms with Gasteiger partial charge in [0.25, 0.3) is 5.91 Å². The maximum absolute atomic E-state index is 13.6. The van der Waals surface area contributed by atoms with Crippen molar-refractivity contribution in [3.63, 3.8) is 0 Å². The number of urea groups is 1. The van der Waals surface area contributed by atoms with Crippen LogP contribution in [0.15, 0.2) is 54.6 Å². The Kier molecular flexibility index (Phi) is 5.43. The predicted molar refractivity (Wildman–Crippen MR) is 121 cm³/mol. The topological polar surface area (TPSA) is 81.8 Å². The van der Waals surface area contributed by atoms with Gasteiger partial charge in [0.2, 0.25) is 5.91 Å². The number of nitrogens with zero attached hydrogens (tertiary/aromatic N) is 2. The molecule has 0 bridgehead atoms. The number of anilines is 1. The third-order valence-corrected chi connectivity index (χ3v) is 7.20. The Balaban J connectivity index is 1.35. The minimum atomic E-state index is -0.469. The number of rotatable bonds is 5. The van der Waals surface area contributed by atoms with Crippen LogP contribution in [0, 0.1) is 11.3 Å². The summed E-state index contributed by atoms with van der Waals surface area (Å²) in [5.41, 5.74) is 2.49. The Hall–Kier alpha value is -3.19. The second-order valence-corrected chi connectivity index (χ2v) is 9.13. The fourth-order valence-electron chi connectivity index (χ4n) is 5.43. The average Bonchev–Trinajstić information content (AvgIpc) is 3.36. The fourth-order valence-corrected chi connectivity index (χ4v) is 5.43. The largest absolute Gasteiger partial charge is 0.338 e.